The van der Waals surface area contributed by atoms with Crippen molar-refractivity contribution in [3.63, 3.8) is 0 Å². The van der Waals surface area contributed by atoms with Crippen LogP contribution in [-0.4, -0.2) is 43.8 Å². The van der Waals surface area contributed by atoms with Gasteiger partial charge in [-0.05, 0) is 30.3 Å². The van der Waals surface area contributed by atoms with E-state index in [0.717, 1.165) is 50.1 Å². The first-order valence-corrected chi connectivity index (χ1v) is 11.0. The third-order valence-electron chi connectivity index (χ3n) is 5.64. The number of aromatic nitrogens is 5. The van der Waals surface area contributed by atoms with E-state index in [1.165, 1.54) is 6.92 Å². The van der Waals surface area contributed by atoms with Crippen molar-refractivity contribution < 1.29 is 4.79 Å². The van der Waals surface area contributed by atoms with Crippen LogP contribution in [0, 0.1) is 0 Å². The number of hydrogen-bond acceptors (Lipinski definition) is 5. The van der Waals surface area contributed by atoms with Gasteiger partial charge in [0.05, 0.1) is 29.0 Å². The third-order valence-corrected chi connectivity index (χ3v) is 5.64. The predicted molar refractivity (Wildman–Crippen MR) is 141 cm³/mol. The average molecular weight is 462 g/mol. The van der Waals surface area contributed by atoms with Gasteiger partial charge in [0.1, 0.15) is 0 Å². The van der Waals surface area contributed by atoms with E-state index >= 15 is 0 Å². The number of nitrogens with one attached hydrogen (secondary N) is 3. The second kappa shape index (κ2) is 9.18. The minimum atomic E-state index is -0.149. The molecule has 0 spiro atoms. The maximum Gasteiger partial charge on any atom is 0.221 e. The molecule has 3 N–H and O–H groups in total. The molecule has 0 atom stereocenters. The number of amides is 1. The van der Waals surface area contributed by atoms with Crippen molar-refractivity contribution in [2.24, 2.45) is 4.99 Å². The Bertz CT molecular complexity index is 1640. The number of aliphatic imine (C=N–C) groups is 1. The number of fused-ring (bicyclic) bond motifs is 2. The quantitative estimate of drug-likeness (QED) is 0.236. The van der Waals surface area contributed by atoms with E-state index in [0.29, 0.717) is 11.3 Å². The summed E-state index contributed by atoms with van der Waals surface area (Å²) in [5.41, 5.74) is 7.55. The summed E-state index contributed by atoms with van der Waals surface area (Å²) in [4.78, 5) is 28.2. The van der Waals surface area contributed by atoms with Crippen LogP contribution in [0.5, 0.6) is 0 Å². The average Bonchev–Trinajstić information content (AvgIpc) is 3.48. The van der Waals surface area contributed by atoms with Crippen molar-refractivity contribution in [1.82, 2.24) is 25.1 Å². The van der Waals surface area contributed by atoms with Gasteiger partial charge in [-0.15, -0.1) is 0 Å². The number of benzene rings is 1. The van der Waals surface area contributed by atoms with E-state index in [2.05, 4.69) is 54.2 Å². The Kier molecular flexibility index (Phi) is 5.76. The molecule has 0 saturated carbocycles. The lowest BCUT2D eigenvalue weighted by Gasteiger charge is -2.05. The number of aromatic amines is 2. The zero-order valence-electron chi connectivity index (χ0n) is 19.3. The van der Waals surface area contributed by atoms with Crippen LogP contribution in [0.3, 0.4) is 0 Å². The molecule has 0 aliphatic carbocycles. The monoisotopic (exact) mass is 461 g/mol. The molecule has 5 aromatic rings. The molecule has 0 fully saturated rings. The van der Waals surface area contributed by atoms with Crippen molar-refractivity contribution in [3.05, 3.63) is 85.4 Å². The summed E-state index contributed by atoms with van der Waals surface area (Å²) in [7, 11) is 1.78. The summed E-state index contributed by atoms with van der Waals surface area (Å²) in [5.74, 6) is -0.149. The number of carbonyl (C=O) groups excluding carboxylic acids is 1. The largest absolute Gasteiger partial charge is 0.353 e. The minimum absolute atomic E-state index is 0.149. The van der Waals surface area contributed by atoms with Gasteiger partial charge in [0.15, 0.2) is 5.65 Å². The molecule has 0 aliphatic rings. The Morgan fingerprint density at radius 1 is 1.11 bits per heavy atom. The number of H-pyrrole nitrogens is 2. The highest BCUT2D eigenvalue weighted by molar-refractivity contribution is 6.17. The van der Waals surface area contributed by atoms with Gasteiger partial charge in [0.25, 0.3) is 0 Å². The smallest absolute Gasteiger partial charge is 0.221 e. The van der Waals surface area contributed by atoms with Gasteiger partial charge in [-0.25, -0.2) is 4.98 Å². The van der Waals surface area contributed by atoms with E-state index in [4.69, 9.17) is 0 Å². The van der Waals surface area contributed by atoms with Gasteiger partial charge in [-0.1, -0.05) is 30.9 Å². The molecule has 4 heterocycles. The van der Waals surface area contributed by atoms with Crippen molar-refractivity contribution >= 4 is 39.2 Å². The molecule has 0 radical (unpaired) electrons. The highest BCUT2D eigenvalue weighted by atomic mass is 16.1. The zero-order chi connectivity index (χ0) is 24.4. The van der Waals surface area contributed by atoms with Gasteiger partial charge in [-0.2, -0.15) is 5.10 Å². The van der Waals surface area contributed by atoms with Crippen molar-refractivity contribution in [2.75, 3.05) is 12.4 Å². The Balaban J connectivity index is 1.60. The first-order chi connectivity index (χ1) is 17.1. The molecule has 172 valence electrons. The Labute approximate surface area is 201 Å². The maximum absolute atomic E-state index is 11.4. The Hall–Kier alpha value is -4.85. The van der Waals surface area contributed by atoms with Crippen LogP contribution >= 0.6 is 0 Å². The first-order valence-electron chi connectivity index (χ1n) is 11.0. The molecule has 8 heteroatoms. The van der Waals surface area contributed by atoms with E-state index < -0.39 is 0 Å². The molecule has 1 amide bonds. The van der Waals surface area contributed by atoms with Crippen LogP contribution in [0.15, 0.2) is 84.8 Å². The maximum atomic E-state index is 11.4. The SMILES string of the molecule is C=C/C=C\C(=NC)c1cccc2[nH]c(-c3[nH]nc4ncc(-c5cncc(NC(C)=O)c5)cc34)cc12. The van der Waals surface area contributed by atoms with E-state index in [1.807, 2.05) is 36.4 Å². The Morgan fingerprint density at radius 3 is 2.77 bits per heavy atom. The predicted octanol–water partition coefficient (Wildman–Crippen LogP) is 5.29. The third kappa shape index (κ3) is 4.24. The number of carbonyl (C=O) groups is 1. The molecule has 4 aromatic heterocycles. The van der Waals surface area contributed by atoms with Crippen LogP contribution in [0.2, 0.25) is 0 Å². The normalized spacial score (nSPS) is 12.0. The highest BCUT2D eigenvalue weighted by Gasteiger charge is 2.15. The van der Waals surface area contributed by atoms with Gasteiger partial charge < -0.3 is 10.3 Å². The van der Waals surface area contributed by atoms with Crippen molar-refractivity contribution in [3.8, 4) is 22.5 Å². The lowest BCUT2D eigenvalue weighted by atomic mass is 10.0. The molecular formula is C27H23N7O. The fourth-order valence-corrected chi connectivity index (χ4v) is 4.09. The molecule has 1 aromatic carbocycles. The molecular weight excluding hydrogens is 438 g/mol. The van der Waals surface area contributed by atoms with E-state index in [-0.39, 0.29) is 5.91 Å². The van der Waals surface area contributed by atoms with E-state index in [9.17, 15) is 4.79 Å². The van der Waals surface area contributed by atoms with Crippen LogP contribution < -0.4 is 5.32 Å². The number of nitrogens with zero attached hydrogens (tertiary/aromatic N) is 4. The molecule has 0 saturated heterocycles. The second-order valence-electron chi connectivity index (χ2n) is 7.99. The molecule has 35 heavy (non-hydrogen) atoms. The zero-order valence-corrected chi connectivity index (χ0v) is 19.3. The summed E-state index contributed by atoms with van der Waals surface area (Å²) in [6.45, 7) is 5.22. The first kappa shape index (κ1) is 22.0. The summed E-state index contributed by atoms with van der Waals surface area (Å²) < 4.78 is 0. The minimum Gasteiger partial charge on any atom is -0.353 e. The number of rotatable bonds is 6. The molecule has 0 aliphatic heterocycles. The molecule has 8 nitrogen and oxygen atoms in total. The summed E-state index contributed by atoms with van der Waals surface area (Å²) >= 11 is 0. The lowest BCUT2D eigenvalue weighted by Crippen LogP contribution is -2.05. The summed E-state index contributed by atoms with van der Waals surface area (Å²) in [6.07, 6.45) is 10.7. The Morgan fingerprint density at radius 2 is 1.97 bits per heavy atom. The highest BCUT2D eigenvalue weighted by Crippen LogP contribution is 2.32. The topological polar surface area (TPSA) is 112 Å². The van der Waals surface area contributed by atoms with Gasteiger partial charge in [-0.3, -0.25) is 19.9 Å². The number of anilines is 1. The molecule has 0 unspecified atom stereocenters. The molecule has 5 rings (SSSR count). The second-order valence-corrected chi connectivity index (χ2v) is 7.99. The fraction of sp³-hybridized carbons (Fsp3) is 0.0741. The summed E-state index contributed by atoms with van der Waals surface area (Å²) in [6, 6.07) is 12.1. The summed E-state index contributed by atoms with van der Waals surface area (Å²) in [5, 5.41) is 12.2. The van der Waals surface area contributed by atoms with Crippen LogP contribution in [-0.2, 0) is 4.79 Å². The van der Waals surface area contributed by atoms with Crippen LogP contribution in [0.1, 0.15) is 12.5 Å². The van der Waals surface area contributed by atoms with Gasteiger partial charge in [0.2, 0.25) is 5.91 Å². The van der Waals surface area contributed by atoms with Crippen molar-refractivity contribution in [2.45, 2.75) is 6.92 Å². The fourth-order valence-electron chi connectivity index (χ4n) is 4.09. The number of hydrogen-bond donors (Lipinski definition) is 3. The van der Waals surface area contributed by atoms with Gasteiger partial charge >= 0.3 is 0 Å². The van der Waals surface area contributed by atoms with Crippen LogP contribution in [0.25, 0.3) is 44.5 Å². The lowest BCUT2D eigenvalue weighted by molar-refractivity contribution is -0.114. The standard InChI is InChI=1S/C27H23N7O/c1-4-5-8-23(28-3)20-7-6-9-24-21(20)12-25(32-24)26-22-11-18(14-30-27(22)34-33-26)17-10-19(15-29-13-17)31-16(2)35/h4-15,32H,1H2,2-3H3,(H,31,35)(H,30,33,34)/b8-5-,28-23?. The van der Waals surface area contributed by atoms with E-state index in [1.54, 1.807) is 31.7 Å². The number of allylic oxidation sites excluding steroid dienone is 3. The van der Waals surface area contributed by atoms with Gasteiger partial charge in [0, 0.05) is 59.3 Å². The molecule has 0 bridgehead atoms. The van der Waals surface area contributed by atoms with Crippen molar-refractivity contribution in [1.29, 1.82) is 0 Å². The number of pyridine rings is 2. The van der Waals surface area contributed by atoms with Crippen LogP contribution in [0.4, 0.5) is 5.69 Å².